The molecule has 6 nitrogen and oxygen atoms in total. The summed E-state index contributed by atoms with van der Waals surface area (Å²) in [4.78, 5) is 36.4. The fourth-order valence-electron chi connectivity index (χ4n) is 2.99. The number of hydrogen-bond acceptors (Lipinski definition) is 5. The summed E-state index contributed by atoms with van der Waals surface area (Å²) >= 11 is 4.32. The summed E-state index contributed by atoms with van der Waals surface area (Å²) in [5.74, 6) is -0.398. The van der Waals surface area contributed by atoms with E-state index in [2.05, 4.69) is 12.6 Å². The summed E-state index contributed by atoms with van der Waals surface area (Å²) in [5, 5.41) is 11.0. The fraction of sp³-hybridized carbons (Fsp3) is 0.429. The van der Waals surface area contributed by atoms with Crippen molar-refractivity contribution in [2.45, 2.75) is 19.3 Å². The van der Waals surface area contributed by atoms with Crippen LogP contribution in [0, 0.1) is 15.5 Å². The zero-order valence-electron chi connectivity index (χ0n) is 11.2. The van der Waals surface area contributed by atoms with Crippen molar-refractivity contribution in [2.75, 3.05) is 12.3 Å². The number of hydrogen-bond donors (Lipinski definition) is 1. The number of nitrogens with zero attached hydrogens (tertiary/aromatic N) is 2. The highest BCUT2D eigenvalue weighted by molar-refractivity contribution is 7.80. The predicted octanol–water partition coefficient (Wildman–Crippen LogP) is 2.29. The molecule has 2 aliphatic rings. The number of imide groups is 1. The van der Waals surface area contributed by atoms with Crippen LogP contribution in [0.4, 0.5) is 5.69 Å². The highest BCUT2D eigenvalue weighted by Crippen LogP contribution is 2.44. The Balaban J connectivity index is 1.97. The van der Waals surface area contributed by atoms with Crippen LogP contribution >= 0.6 is 12.6 Å². The number of nitro benzene ring substituents is 1. The van der Waals surface area contributed by atoms with E-state index >= 15 is 0 Å². The molecule has 1 aromatic carbocycles. The molecule has 3 rings (SSSR count). The molecule has 1 aliphatic carbocycles. The number of carbonyl (C=O) groups is 2. The summed E-state index contributed by atoms with van der Waals surface area (Å²) in [6.45, 7) is 0.292. The number of amides is 2. The van der Waals surface area contributed by atoms with Gasteiger partial charge in [-0.1, -0.05) is 12.5 Å². The Morgan fingerprint density at radius 2 is 2.00 bits per heavy atom. The number of thiol groups is 1. The molecule has 1 heterocycles. The molecule has 1 aliphatic heterocycles. The van der Waals surface area contributed by atoms with Gasteiger partial charge in [-0.3, -0.25) is 24.6 Å². The Morgan fingerprint density at radius 1 is 1.29 bits per heavy atom. The van der Waals surface area contributed by atoms with Gasteiger partial charge in [0.05, 0.1) is 10.5 Å². The fourth-order valence-corrected chi connectivity index (χ4v) is 3.41. The quantitative estimate of drug-likeness (QED) is 0.400. The van der Waals surface area contributed by atoms with Crippen molar-refractivity contribution in [1.82, 2.24) is 4.90 Å². The number of carbonyl (C=O) groups excluding carboxylic acids is 2. The third-order valence-corrected chi connectivity index (χ3v) is 5.09. The molecule has 0 bridgehead atoms. The third kappa shape index (κ3) is 2.03. The Kier molecular flexibility index (Phi) is 3.24. The lowest BCUT2D eigenvalue weighted by atomic mass is 9.70. The van der Waals surface area contributed by atoms with Crippen molar-refractivity contribution in [3.63, 3.8) is 0 Å². The first-order valence-electron chi connectivity index (χ1n) is 6.73. The van der Waals surface area contributed by atoms with E-state index in [1.165, 1.54) is 18.2 Å². The largest absolute Gasteiger partial charge is 0.282 e. The molecule has 0 atom stereocenters. The van der Waals surface area contributed by atoms with Gasteiger partial charge in [-0.25, -0.2) is 0 Å². The van der Waals surface area contributed by atoms with E-state index in [4.69, 9.17) is 0 Å². The molecule has 1 saturated carbocycles. The molecule has 0 saturated heterocycles. The summed E-state index contributed by atoms with van der Waals surface area (Å²) in [6, 6.07) is 4.16. The average Bonchev–Trinajstić information content (AvgIpc) is 2.67. The molecule has 0 N–H and O–H groups in total. The molecule has 0 spiro atoms. The summed E-state index contributed by atoms with van der Waals surface area (Å²) < 4.78 is 0. The van der Waals surface area contributed by atoms with Crippen molar-refractivity contribution in [3.8, 4) is 0 Å². The minimum Gasteiger partial charge on any atom is -0.274 e. The second-order valence-electron chi connectivity index (χ2n) is 5.66. The zero-order chi connectivity index (χ0) is 15.2. The Hall–Kier alpha value is -1.89. The molecular weight excluding hydrogens is 292 g/mol. The predicted molar refractivity (Wildman–Crippen MR) is 78.6 cm³/mol. The van der Waals surface area contributed by atoms with Gasteiger partial charge in [0, 0.05) is 12.6 Å². The lowest BCUT2D eigenvalue weighted by molar-refractivity contribution is -0.385. The molecule has 0 radical (unpaired) electrons. The maximum Gasteiger partial charge on any atom is 0.282 e. The van der Waals surface area contributed by atoms with Crippen LogP contribution in [0.25, 0.3) is 0 Å². The van der Waals surface area contributed by atoms with Crippen LogP contribution in [0.1, 0.15) is 40.0 Å². The first-order chi connectivity index (χ1) is 9.99. The van der Waals surface area contributed by atoms with E-state index in [0.717, 1.165) is 24.2 Å². The highest BCUT2D eigenvalue weighted by Gasteiger charge is 2.46. The zero-order valence-corrected chi connectivity index (χ0v) is 12.1. The minimum atomic E-state index is -0.620. The van der Waals surface area contributed by atoms with Crippen LogP contribution in [-0.4, -0.2) is 33.9 Å². The molecule has 2 amide bonds. The monoisotopic (exact) mass is 306 g/mol. The smallest absolute Gasteiger partial charge is 0.274 e. The van der Waals surface area contributed by atoms with Crippen molar-refractivity contribution >= 4 is 30.1 Å². The van der Waals surface area contributed by atoms with Gasteiger partial charge in [-0.05, 0) is 30.1 Å². The van der Waals surface area contributed by atoms with Crippen LogP contribution in [-0.2, 0) is 0 Å². The normalized spacial score (nSPS) is 19.4. The van der Waals surface area contributed by atoms with Crippen molar-refractivity contribution in [2.24, 2.45) is 5.41 Å². The molecule has 1 aromatic rings. The molecule has 1 fully saturated rings. The Bertz CT molecular complexity index is 649. The summed E-state index contributed by atoms with van der Waals surface area (Å²) in [6.07, 6.45) is 2.90. The Labute approximate surface area is 126 Å². The van der Waals surface area contributed by atoms with Gasteiger partial charge in [0.25, 0.3) is 17.5 Å². The van der Waals surface area contributed by atoms with Gasteiger partial charge in [-0.2, -0.15) is 12.6 Å². The van der Waals surface area contributed by atoms with Crippen molar-refractivity contribution in [1.29, 1.82) is 0 Å². The van der Waals surface area contributed by atoms with Crippen LogP contribution in [0.2, 0.25) is 0 Å². The average molecular weight is 306 g/mol. The maximum absolute atomic E-state index is 12.4. The highest BCUT2D eigenvalue weighted by atomic mass is 32.1. The third-order valence-electron chi connectivity index (χ3n) is 4.42. The summed E-state index contributed by atoms with van der Waals surface area (Å²) in [5.41, 5.74) is -0.392. The number of fused-ring (bicyclic) bond motifs is 1. The minimum absolute atomic E-state index is 0.0823. The van der Waals surface area contributed by atoms with Crippen LogP contribution in [0.5, 0.6) is 0 Å². The second-order valence-corrected chi connectivity index (χ2v) is 5.98. The van der Waals surface area contributed by atoms with E-state index in [1.54, 1.807) is 0 Å². The lowest BCUT2D eigenvalue weighted by Gasteiger charge is -2.42. The van der Waals surface area contributed by atoms with Gasteiger partial charge in [-0.15, -0.1) is 0 Å². The van der Waals surface area contributed by atoms with Gasteiger partial charge in [0.15, 0.2) is 0 Å². The second kappa shape index (κ2) is 4.84. The number of nitro groups is 1. The van der Waals surface area contributed by atoms with Crippen molar-refractivity contribution < 1.29 is 14.5 Å². The molecule has 7 heteroatoms. The topological polar surface area (TPSA) is 80.5 Å². The van der Waals surface area contributed by atoms with Crippen molar-refractivity contribution in [3.05, 3.63) is 39.4 Å². The van der Waals surface area contributed by atoms with Gasteiger partial charge < -0.3 is 0 Å². The lowest BCUT2D eigenvalue weighted by Crippen LogP contribution is -2.45. The summed E-state index contributed by atoms with van der Waals surface area (Å²) in [7, 11) is 0. The molecule has 0 aromatic heterocycles. The number of rotatable bonds is 4. The maximum atomic E-state index is 12.4. The van der Waals surface area contributed by atoms with Crippen LogP contribution < -0.4 is 0 Å². The van der Waals surface area contributed by atoms with E-state index < -0.39 is 16.7 Å². The molecular formula is C14H14N2O4S. The number of benzene rings is 1. The first-order valence-corrected chi connectivity index (χ1v) is 7.37. The first kappa shape index (κ1) is 14.1. The van der Waals surface area contributed by atoms with Gasteiger partial charge >= 0.3 is 0 Å². The SMILES string of the molecule is O=C1c2cccc([N+](=O)[O-])c2C(=O)N1CC1(CS)CCC1. The Morgan fingerprint density at radius 3 is 2.52 bits per heavy atom. The molecule has 0 unspecified atom stereocenters. The van der Waals surface area contributed by atoms with Gasteiger partial charge in [0.2, 0.25) is 0 Å². The molecule has 21 heavy (non-hydrogen) atoms. The molecule has 110 valence electrons. The van der Waals surface area contributed by atoms with E-state index in [9.17, 15) is 19.7 Å². The van der Waals surface area contributed by atoms with Crippen LogP contribution in [0.15, 0.2) is 18.2 Å². The van der Waals surface area contributed by atoms with Crippen LogP contribution in [0.3, 0.4) is 0 Å². The standard InChI is InChI=1S/C14H14N2O4S/c17-12-9-3-1-4-10(16(19)20)11(9)13(18)15(12)7-14(8-21)5-2-6-14/h1,3-4,21H,2,5-8H2. The van der Waals surface area contributed by atoms with E-state index in [0.29, 0.717) is 12.3 Å². The van der Waals surface area contributed by atoms with E-state index in [-0.39, 0.29) is 22.2 Å². The van der Waals surface area contributed by atoms with E-state index in [1.807, 2.05) is 0 Å². The van der Waals surface area contributed by atoms with Gasteiger partial charge in [0.1, 0.15) is 5.56 Å².